The minimum Gasteiger partial charge on any atom is -0.440 e. The second kappa shape index (κ2) is 9.29. The molecule has 246 valence electrons. The van der Waals surface area contributed by atoms with Crippen molar-refractivity contribution >= 4 is 11.9 Å². The number of aliphatic hydroxyl groups is 1. The van der Waals surface area contributed by atoms with E-state index in [-0.39, 0.29) is 45.7 Å². The van der Waals surface area contributed by atoms with E-state index in [0.29, 0.717) is 23.0 Å². The molecule has 0 aromatic heterocycles. The molecule has 1 N–H and O–H groups in total. The largest absolute Gasteiger partial charge is 0.440 e. The molecule has 11 aliphatic rings. The lowest BCUT2D eigenvalue weighted by Crippen LogP contribution is -2.67. The Bertz CT molecular complexity index is 1370. The number of rotatable bonds is 4. The Kier molecular flexibility index (Phi) is 6.09. The summed E-state index contributed by atoms with van der Waals surface area (Å²) in [7, 11) is 0. The van der Waals surface area contributed by atoms with Gasteiger partial charge >= 0.3 is 6.09 Å². The van der Waals surface area contributed by atoms with Crippen molar-refractivity contribution in [3.05, 3.63) is 23.8 Å². The van der Waals surface area contributed by atoms with Crippen LogP contribution in [0.15, 0.2) is 23.8 Å². The number of allylic oxidation sites excluding steroid dienone is 4. The zero-order chi connectivity index (χ0) is 31.2. The van der Waals surface area contributed by atoms with E-state index in [1.165, 1.54) is 25.7 Å². The van der Waals surface area contributed by atoms with E-state index in [1.807, 2.05) is 0 Å². The number of carbonyl (C=O) groups excluding carboxylic acids is 2. The van der Waals surface area contributed by atoms with Gasteiger partial charge in [0.05, 0.1) is 12.6 Å². The summed E-state index contributed by atoms with van der Waals surface area (Å²) >= 11 is 0. The molecule has 45 heavy (non-hydrogen) atoms. The van der Waals surface area contributed by atoms with Gasteiger partial charge in [0.2, 0.25) is 0 Å². The van der Waals surface area contributed by atoms with Crippen molar-refractivity contribution in [3.63, 3.8) is 0 Å². The number of aliphatic hydroxyl groups excluding tert-OH is 1. The third-order valence-corrected chi connectivity index (χ3v) is 17.4. The number of ketones is 1. The second-order valence-electron chi connectivity index (χ2n) is 18.9. The molecule has 11 unspecified atom stereocenters. The van der Waals surface area contributed by atoms with Gasteiger partial charge in [-0.2, -0.15) is 0 Å². The predicted octanol–water partition coefficient (Wildman–Crippen LogP) is 8.26. The summed E-state index contributed by atoms with van der Waals surface area (Å²) in [5, 5.41) is 11.0. The number of carbonyl (C=O) groups is 2. The van der Waals surface area contributed by atoms with Crippen LogP contribution in [0.3, 0.4) is 0 Å². The molecule has 0 aromatic rings. The van der Waals surface area contributed by atoms with Gasteiger partial charge in [-0.15, -0.1) is 0 Å². The Hall–Kier alpha value is -1.62. The van der Waals surface area contributed by atoms with Crippen molar-refractivity contribution in [2.75, 3.05) is 13.1 Å². The highest BCUT2D eigenvalue weighted by Crippen LogP contribution is 2.79. The fourth-order valence-electron chi connectivity index (χ4n) is 14.6. The Morgan fingerprint density at radius 1 is 0.911 bits per heavy atom. The molecule has 1 saturated heterocycles. The Labute approximate surface area is 271 Å². The fraction of sp³-hybridized carbons (Fsp3) is 0.850. The van der Waals surface area contributed by atoms with Crippen LogP contribution in [0.4, 0.5) is 4.79 Å². The van der Waals surface area contributed by atoms with Gasteiger partial charge < -0.3 is 14.7 Å². The molecular weight excluding hydrogens is 558 g/mol. The minimum absolute atomic E-state index is 0.0429. The Morgan fingerprint density at radius 3 is 2.40 bits per heavy atom. The second-order valence-corrected chi connectivity index (χ2v) is 18.9. The third-order valence-electron chi connectivity index (χ3n) is 17.4. The molecular formula is C40H57NO4. The normalized spacial score (nSPS) is 52.5. The van der Waals surface area contributed by atoms with Crippen LogP contribution < -0.4 is 0 Å². The minimum atomic E-state index is -0.469. The molecule has 4 bridgehead atoms. The van der Waals surface area contributed by atoms with Gasteiger partial charge in [0.15, 0.2) is 5.78 Å². The van der Waals surface area contributed by atoms with Crippen LogP contribution in [-0.4, -0.2) is 46.7 Å². The van der Waals surface area contributed by atoms with Crippen LogP contribution in [0.5, 0.6) is 0 Å². The molecule has 8 fully saturated rings. The highest BCUT2D eigenvalue weighted by atomic mass is 16.6. The first-order valence-corrected chi connectivity index (χ1v) is 19.0. The maximum absolute atomic E-state index is 14.8. The first-order chi connectivity index (χ1) is 21.4. The van der Waals surface area contributed by atoms with Gasteiger partial charge in [-0.25, -0.2) is 4.79 Å². The molecule has 1 heterocycles. The van der Waals surface area contributed by atoms with Crippen molar-refractivity contribution in [3.8, 4) is 0 Å². The van der Waals surface area contributed by atoms with E-state index in [1.54, 1.807) is 0 Å². The van der Waals surface area contributed by atoms with E-state index in [0.717, 1.165) is 101 Å². The van der Waals surface area contributed by atoms with Gasteiger partial charge in [0.25, 0.3) is 0 Å². The molecule has 11 atom stereocenters. The van der Waals surface area contributed by atoms with Gasteiger partial charge in [-0.1, -0.05) is 65.2 Å². The van der Waals surface area contributed by atoms with Gasteiger partial charge in [-0.3, -0.25) is 4.79 Å². The number of Topliss-reactive ketones (excluding diaryl/α,β-unsaturated/α-hetero) is 1. The molecule has 5 nitrogen and oxygen atoms in total. The monoisotopic (exact) mass is 615 g/mol. The average Bonchev–Trinajstić information content (AvgIpc) is 3.51. The smallest absolute Gasteiger partial charge is 0.410 e. The number of hydrogen-bond acceptors (Lipinski definition) is 4. The summed E-state index contributed by atoms with van der Waals surface area (Å²) in [6.07, 6.45) is 23.2. The number of hydrogen-bond donors (Lipinski definition) is 1. The van der Waals surface area contributed by atoms with E-state index in [2.05, 4.69) is 50.8 Å². The Balaban J connectivity index is 1.08. The SMILES string of the molecule is CC1(C)C2CCC(CN3CC4(CCC5C67C=CC8(C=C6C(=O)C6CCCCC6)CC(O)CCC8(C)C7CCC54C)OC3=O)C1C2. The van der Waals surface area contributed by atoms with Crippen molar-refractivity contribution in [1.82, 2.24) is 4.90 Å². The Morgan fingerprint density at radius 2 is 1.64 bits per heavy atom. The standard InChI is InChI=1S/C40H57NO4/c1-35(2)27-11-10-26(29(35)20-27)23-41-24-39(45-34(41)44)17-14-32-37(39,4)16-13-31-36(3)15-12-28(42)21-38(36)18-19-40(31,32)30(22-38)33(43)25-8-6-5-7-9-25/h18-19,22,25-29,31-32,42H,5-17,20-21,23-24H2,1-4H3. The lowest BCUT2D eigenvalue weighted by Gasteiger charge is -2.71. The molecule has 0 aromatic carbocycles. The topological polar surface area (TPSA) is 66.8 Å². The molecule has 11 rings (SSSR count). The molecule has 7 saturated carbocycles. The van der Waals surface area contributed by atoms with Gasteiger partial charge in [0, 0.05) is 34.3 Å². The summed E-state index contributed by atoms with van der Waals surface area (Å²) in [4.78, 5) is 30.7. The zero-order valence-electron chi connectivity index (χ0n) is 28.4. The number of nitrogens with zero attached hydrogens (tertiary/aromatic N) is 1. The average molecular weight is 616 g/mol. The molecule has 0 radical (unpaired) electrons. The maximum atomic E-state index is 14.8. The van der Waals surface area contributed by atoms with Crippen molar-refractivity contribution in [1.29, 1.82) is 0 Å². The van der Waals surface area contributed by atoms with Crippen LogP contribution in [0.25, 0.3) is 0 Å². The van der Waals surface area contributed by atoms with E-state index in [4.69, 9.17) is 4.74 Å². The highest BCUT2D eigenvalue weighted by Gasteiger charge is 2.76. The van der Waals surface area contributed by atoms with Crippen LogP contribution in [-0.2, 0) is 9.53 Å². The quantitative estimate of drug-likeness (QED) is 0.324. The summed E-state index contributed by atoms with van der Waals surface area (Å²) in [6.45, 7) is 11.4. The van der Waals surface area contributed by atoms with Crippen LogP contribution in [0.1, 0.15) is 124 Å². The third kappa shape index (κ3) is 3.51. The lowest BCUT2D eigenvalue weighted by atomic mass is 9.32. The molecule has 1 amide bonds. The van der Waals surface area contributed by atoms with Crippen LogP contribution >= 0.6 is 0 Å². The molecule has 5 heteroatoms. The van der Waals surface area contributed by atoms with Gasteiger partial charge in [-0.05, 0) is 117 Å². The fourth-order valence-corrected chi connectivity index (χ4v) is 14.6. The first-order valence-electron chi connectivity index (χ1n) is 19.0. The summed E-state index contributed by atoms with van der Waals surface area (Å²) < 4.78 is 6.70. The first kappa shape index (κ1) is 29.5. The summed E-state index contributed by atoms with van der Waals surface area (Å²) in [5.41, 5.74) is 0.397. The molecule has 10 aliphatic carbocycles. The molecule has 1 aliphatic heterocycles. The van der Waals surface area contributed by atoms with E-state index >= 15 is 0 Å². The zero-order valence-corrected chi connectivity index (χ0v) is 28.4. The maximum Gasteiger partial charge on any atom is 0.410 e. The van der Waals surface area contributed by atoms with E-state index in [9.17, 15) is 14.7 Å². The highest BCUT2D eigenvalue weighted by molar-refractivity contribution is 6.00. The van der Waals surface area contributed by atoms with Crippen molar-refractivity contribution in [2.45, 2.75) is 136 Å². The summed E-state index contributed by atoms with van der Waals surface area (Å²) in [5.74, 6) is 3.42. The number of amides is 1. The summed E-state index contributed by atoms with van der Waals surface area (Å²) in [6, 6.07) is 0. The van der Waals surface area contributed by atoms with E-state index < -0.39 is 5.60 Å². The van der Waals surface area contributed by atoms with Crippen molar-refractivity contribution in [2.24, 2.45) is 62.6 Å². The van der Waals surface area contributed by atoms with Gasteiger partial charge in [0.1, 0.15) is 5.60 Å². The lowest BCUT2D eigenvalue weighted by molar-refractivity contribution is -0.169. The number of ether oxygens (including phenoxy) is 1. The van der Waals surface area contributed by atoms with Crippen LogP contribution in [0, 0.1) is 62.6 Å². The predicted molar refractivity (Wildman–Crippen MR) is 174 cm³/mol. The van der Waals surface area contributed by atoms with Crippen molar-refractivity contribution < 1.29 is 19.4 Å². The molecule has 3 spiro atoms. The number of fused-ring (bicyclic) bond motifs is 4. The van der Waals surface area contributed by atoms with Crippen LogP contribution in [0.2, 0.25) is 0 Å².